The van der Waals surface area contributed by atoms with Crippen LogP contribution in [0.1, 0.15) is 24.8 Å². The number of carboxylic acid groups (broad SMARTS) is 1. The lowest BCUT2D eigenvalue weighted by atomic mass is 9.97. The number of phenols is 1. The minimum Gasteiger partial charge on any atom is -0.508 e. The number of carboxylic acids is 1. The maximum atomic E-state index is 12.7. The molecule has 138 valence electrons. The van der Waals surface area contributed by atoms with Gasteiger partial charge in [-0.2, -0.15) is 0 Å². The summed E-state index contributed by atoms with van der Waals surface area (Å²) in [6, 6.07) is 6.77. The quantitative estimate of drug-likeness (QED) is 0.542. The molecule has 0 saturated carbocycles. The van der Waals surface area contributed by atoms with Crippen molar-refractivity contribution in [2.45, 2.75) is 19.3 Å². The number of thiocarbonyl (C=S) groups is 1. The Labute approximate surface area is 162 Å². The lowest BCUT2D eigenvalue weighted by Crippen LogP contribution is -2.13. The predicted molar refractivity (Wildman–Crippen MR) is 108 cm³/mol. The van der Waals surface area contributed by atoms with E-state index in [0.29, 0.717) is 21.9 Å². The summed E-state index contributed by atoms with van der Waals surface area (Å²) in [7, 11) is 3.78. The zero-order chi connectivity index (χ0) is 19.3. The molecule has 1 saturated heterocycles. The van der Waals surface area contributed by atoms with Gasteiger partial charge in [-0.3, -0.25) is 9.59 Å². The zero-order valence-electron chi connectivity index (χ0n) is 14.6. The Morgan fingerprint density at radius 1 is 1.31 bits per heavy atom. The van der Waals surface area contributed by atoms with Crippen molar-refractivity contribution >= 4 is 45.5 Å². The average Bonchev–Trinajstić information content (AvgIpc) is 2.81. The summed E-state index contributed by atoms with van der Waals surface area (Å²) in [5.74, 6) is -1.14. The summed E-state index contributed by atoms with van der Waals surface area (Å²) in [6.07, 6.45) is 4.63. The van der Waals surface area contributed by atoms with Crippen molar-refractivity contribution in [1.29, 1.82) is 0 Å². The molecule has 26 heavy (non-hydrogen) atoms. The molecule has 0 amide bonds. The van der Waals surface area contributed by atoms with E-state index < -0.39 is 11.9 Å². The second kappa shape index (κ2) is 9.00. The standard InChI is InChI=1S/C19H21NO4S2/c1-20(2)11-13(12-6-8-14(21)9-7-12)10-16-18(24)15(19(25)26-16)4-3-5-17(22)23/h6-11,15,21H,3-5H2,1-2H3,(H,22,23). The number of Topliss-reactive ketones (excluding diaryl/α,β-unsaturated/α-hetero) is 1. The first kappa shape index (κ1) is 20.2. The number of carbonyl (C=O) groups is 2. The van der Waals surface area contributed by atoms with Gasteiger partial charge in [-0.15, -0.1) is 0 Å². The monoisotopic (exact) mass is 391 g/mol. The third-order valence-corrected chi connectivity index (χ3v) is 5.38. The van der Waals surface area contributed by atoms with Gasteiger partial charge in [0.1, 0.15) is 5.75 Å². The molecule has 1 aromatic rings. The molecular formula is C19H21NO4S2. The van der Waals surface area contributed by atoms with Crippen LogP contribution in [0.2, 0.25) is 0 Å². The highest BCUT2D eigenvalue weighted by atomic mass is 32.2. The minimum absolute atomic E-state index is 0.0371. The fraction of sp³-hybridized carbons (Fsp3) is 0.316. The van der Waals surface area contributed by atoms with Gasteiger partial charge < -0.3 is 15.1 Å². The largest absolute Gasteiger partial charge is 0.508 e. The summed E-state index contributed by atoms with van der Waals surface area (Å²) < 4.78 is 0.599. The van der Waals surface area contributed by atoms with E-state index in [4.69, 9.17) is 17.3 Å². The van der Waals surface area contributed by atoms with Gasteiger partial charge in [-0.25, -0.2) is 0 Å². The molecule has 0 bridgehead atoms. The Bertz CT molecular complexity index is 766. The van der Waals surface area contributed by atoms with Crippen LogP contribution in [-0.4, -0.2) is 45.2 Å². The van der Waals surface area contributed by atoms with Crippen molar-refractivity contribution < 1.29 is 19.8 Å². The Kier molecular flexibility index (Phi) is 6.99. The number of hydrogen-bond donors (Lipinski definition) is 2. The Morgan fingerprint density at radius 2 is 1.96 bits per heavy atom. The SMILES string of the molecule is CN(C)C=C(C=C1SC(=S)C(CCCC(=O)O)C1=O)c1ccc(O)cc1. The first-order valence-electron chi connectivity index (χ1n) is 8.15. The fourth-order valence-corrected chi connectivity index (χ4v) is 4.09. The number of nitrogens with zero attached hydrogens (tertiary/aromatic N) is 1. The molecule has 1 heterocycles. The van der Waals surface area contributed by atoms with Gasteiger partial charge >= 0.3 is 5.97 Å². The molecule has 7 heteroatoms. The van der Waals surface area contributed by atoms with Crippen LogP contribution in [0.25, 0.3) is 5.57 Å². The van der Waals surface area contributed by atoms with Crippen LogP contribution >= 0.6 is 24.0 Å². The second-order valence-corrected chi connectivity index (χ2v) is 8.01. The summed E-state index contributed by atoms with van der Waals surface area (Å²) in [6.45, 7) is 0. The number of aliphatic carboxylic acids is 1. The predicted octanol–water partition coefficient (Wildman–Crippen LogP) is 3.69. The van der Waals surface area contributed by atoms with Gasteiger partial charge in [0, 0.05) is 26.7 Å². The molecule has 0 aliphatic carbocycles. The van der Waals surface area contributed by atoms with Gasteiger partial charge in [0.25, 0.3) is 0 Å². The normalized spacial score (nSPS) is 19.2. The van der Waals surface area contributed by atoms with E-state index in [1.54, 1.807) is 24.3 Å². The summed E-state index contributed by atoms with van der Waals surface area (Å²) in [4.78, 5) is 25.8. The molecule has 0 aromatic heterocycles. The topological polar surface area (TPSA) is 77.8 Å². The van der Waals surface area contributed by atoms with Crippen LogP contribution in [0, 0.1) is 5.92 Å². The number of phenolic OH excluding ortho intramolecular Hbond substituents is 1. The highest BCUT2D eigenvalue weighted by Crippen LogP contribution is 2.39. The van der Waals surface area contributed by atoms with E-state index in [2.05, 4.69) is 0 Å². The average molecular weight is 392 g/mol. The molecule has 1 fully saturated rings. The third-order valence-electron chi connectivity index (χ3n) is 3.82. The van der Waals surface area contributed by atoms with Crippen molar-refractivity contribution in [3.05, 3.63) is 47.0 Å². The highest BCUT2D eigenvalue weighted by Gasteiger charge is 2.34. The molecule has 1 aliphatic heterocycles. The van der Waals surface area contributed by atoms with Crippen LogP contribution in [0.5, 0.6) is 5.75 Å². The van der Waals surface area contributed by atoms with Crippen molar-refractivity contribution in [3.8, 4) is 5.75 Å². The second-order valence-electron chi connectivity index (χ2n) is 6.23. The van der Waals surface area contributed by atoms with E-state index in [-0.39, 0.29) is 18.0 Å². The van der Waals surface area contributed by atoms with Crippen LogP contribution < -0.4 is 0 Å². The minimum atomic E-state index is -0.867. The number of hydrogen-bond acceptors (Lipinski definition) is 6. The number of carbonyl (C=O) groups excluding carboxylic acids is 1. The van der Waals surface area contributed by atoms with Gasteiger partial charge in [-0.05, 0) is 42.2 Å². The van der Waals surface area contributed by atoms with Gasteiger partial charge in [-0.1, -0.05) is 36.1 Å². The van der Waals surface area contributed by atoms with Crippen LogP contribution in [0.3, 0.4) is 0 Å². The van der Waals surface area contributed by atoms with Crippen LogP contribution in [0.4, 0.5) is 0 Å². The molecule has 5 nitrogen and oxygen atoms in total. The molecule has 2 N–H and O–H groups in total. The number of ketones is 1. The summed E-state index contributed by atoms with van der Waals surface area (Å²) in [5.41, 5.74) is 1.71. The molecule has 1 unspecified atom stereocenters. The summed E-state index contributed by atoms with van der Waals surface area (Å²) >= 11 is 6.62. The number of rotatable bonds is 7. The molecule has 1 atom stereocenters. The molecular weight excluding hydrogens is 370 g/mol. The van der Waals surface area contributed by atoms with E-state index in [1.165, 1.54) is 11.8 Å². The third kappa shape index (κ3) is 5.44. The van der Waals surface area contributed by atoms with Crippen molar-refractivity contribution in [3.63, 3.8) is 0 Å². The number of thioether (sulfide) groups is 1. The molecule has 1 aliphatic rings. The maximum Gasteiger partial charge on any atom is 0.303 e. The molecule has 1 aromatic carbocycles. The zero-order valence-corrected chi connectivity index (χ0v) is 16.3. The highest BCUT2D eigenvalue weighted by molar-refractivity contribution is 8.27. The van der Waals surface area contributed by atoms with E-state index >= 15 is 0 Å². The first-order valence-corrected chi connectivity index (χ1v) is 9.37. The van der Waals surface area contributed by atoms with E-state index in [0.717, 1.165) is 11.1 Å². The van der Waals surface area contributed by atoms with Crippen LogP contribution in [0.15, 0.2) is 41.4 Å². The Hall–Kier alpha value is -2.12. The fourth-order valence-electron chi connectivity index (χ4n) is 2.58. The van der Waals surface area contributed by atoms with Gasteiger partial charge in [0.2, 0.25) is 0 Å². The lowest BCUT2D eigenvalue weighted by Gasteiger charge is -2.10. The van der Waals surface area contributed by atoms with Crippen molar-refractivity contribution in [2.24, 2.45) is 5.92 Å². The maximum absolute atomic E-state index is 12.7. The molecule has 0 radical (unpaired) electrons. The van der Waals surface area contributed by atoms with Crippen molar-refractivity contribution in [2.75, 3.05) is 14.1 Å². The van der Waals surface area contributed by atoms with Crippen molar-refractivity contribution in [1.82, 2.24) is 4.90 Å². The van der Waals surface area contributed by atoms with Gasteiger partial charge in [0.15, 0.2) is 5.78 Å². The smallest absolute Gasteiger partial charge is 0.303 e. The number of aromatic hydroxyl groups is 1. The number of allylic oxidation sites excluding steroid dienone is 3. The summed E-state index contributed by atoms with van der Waals surface area (Å²) in [5, 5.41) is 18.2. The Balaban J connectivity index is 2.24. The number of benzene rings is 1. The van der Waals surface area contributed by atoms with Crippen LogP contribution in [-0.2, 0) is 9.59 Å². The molecule has 2 rings (SSSR count). The first-order chi connectivity index (χ1) is 12.3. The molecule has 0 spiro atoms. The van der Waals surface area contributed by atoms with Gasteiger partial charge in [0.05, 0.1) is 15.0 Å². The Morgan fingerprint density at radius 3 is 2.54 bits per heavy atom. The van der Waals surface area contributed by atoms with E-state index in [1.807, 2.05) is 31.3 Å². The lowest BCUT2D eigenvalue weighted by molar-refractivity contribution is -0.137. The van der Waals surface area contributed by atoms with E-state index in [9.17, 15) is 14.7 Å².